The Hall–Kier alpha value is -6.78. The molecule has 7 aromatic rings. The Morgan fingerprint density at radius 2 is 0.720 bits per heavy atom. The van der Waals surface area contributed by atoms with Crippen LogP contribution in [0.1, 0.15) is 23.0 Å². The standard InChI is InChI=1S/C46H32N4/c1-5-15-33(16-6-1)45-35-19-13-25-39(31-35)49(37-21-9-3-10-22-37)44-30-28-42(48-44)46(34-17-7-2-8-18-34)36-20-14-26-40(32-36)50(38-23-11-4-12-24-38)43-29-27-41(45)47-43/h1-32H. The minimum absolute atomic E-state index is 0.848. The minimum Gasteiger partial charge on any atom is -0.295 e. The molecule has 4 heteroatoms. The van der Waals surface area contributed by atoms with Crippen molar-refractivity contribution in [3.8, 4) is 33.6 Å². The molecule has 0 fully saturated rings. The molecule has 8 bridgehead atoms. The van der Waals surface area contributed by atoms with Gasteiger partial charge >= 0.3 is 0 Å². The van der Waals surface area contributed by atoms with E-state index in [0.717, 1.165) is 78.5 Å². The molecule has 0 aliphatic carbocycles. The monoisotopic (exact) mass is 640 g/mol. The van der Waals surface area contributed by atoms with Gasteiger partial charge in [-0.1, -0.05) is 121 Å². The van der Waals surface area contributed by atoms with Crippen molar-refractivity contribution in [2.45, 2.75) is 0 Å². The highest BCUT2D eigenvalue weighted by Crippen LogP contribution is 2.34. The first-order valence-corrected chi connectivity index (χ1v) is 16.8. The van der Waals surface area contributed by atoms with Crippen molar-refractivity contribution in [2.24, 2.45) is 0 Å². The average Bonchev–Trinajstić information content (AvgIpc) is 3.85. The molecule has 0 saturated heterocycles. The molecule has 1 aromatic heterocycles. The molecular weight excluding hydrogens is 609 g/mol. The lowest BCUT2D eigenvalue weighted by Crippen LogP contribution is -2.01. The van der Waals surface area contributed by atoms with E-state index in [0.29, 0.717) is 0 Å². The maximum atomic E-state index is 5.39. The van der Waals surface area contributed by atoms with Crippen LogP contribution in [-0.2, 0) is 0 Å². The molecule has 4 nitrogen and oxygen atoms in total. The summed E-state index contributed by atoms with van der Waals surface area (Å²) in [5.41, 5.74) is 10.2. The fourth-order valence-corrected chi connectivity index (χ4v) is 6.95. The van der Waals surface area contributed by atoms with Crippen LogP contribution in [0.15, 0.2) is 170 Å². The number of hydrogen-bond acceptors (Lipinski definition) is 2. The van der Waals surface area contributed by atoms with Crippen LogP contribution < -0.4 is 0 Å². The summed E-state index contributed by atoms with van der Waals surface area (Å²) < 4.78 is 4.48. The molecule has 50 heavy (non-hydrogen) atoms. The number of nitrogens with zero attached hydrogens (tertiary/aromatic N) is 4. The van der Waals surface area contributed by atoms with Crippen LogP contribution in [0.5, 0.6) is 0 Å². The lowest BCUT2D eigenvalue weighted by atomic mass is 10.0. The second-order valence-electron chi connectivity index (χ2n) is 12.3. The van der Waals surface area contributed by atoms with Gasteiger partial charge in [-0.05, 0) is 94.7 Å². The highest BCUT2D eigenvalue weighted by Gasteiger charge is 2.16. The molecule has 2 aliphatic heterocycles. The summed E-state index contributed by atoms with van der Waals surface area (Å²) in [6.07, 6.45) is 8.54. The van der Waals surface area contributed by atoms with Crippen molar-refractivity contribution >= 4 is 46.1 Å². The van der Waals surface area contributed by atoms with Gasteiger partial charge in [-0.15, -0.1) is 0 Å². The van der Waals surface area contributed by atoms with E-state index in [4.69, 9.17) is 9.97 Å². The smallest absolute Gasteiger partial charge is 0.138 e. The van der Waals surface area contributed by atoms with Crippen molar-refractivity contribution in [2.75, 3.05) is 0 Å². The molecule has 2 aliphatic rings. The fraction of sp³-hybridized carbons (Fsp3) is 0. The number of para-hydroxylation sites is 2. The molecular formula is C46H32N4. The third-order valence-electron chi connectivity index (χ3n) is 9.16. The van der Waals surface area contributed by atoms with Crippen molar-refractivity contribution in [1.82, 2.24) is 19.1 Å². The first-order chi connectivity index (χ1) is 24.8. The molecule has 0 amide bonds. The lowest BCUT2D eigenvalue weighted by Gasteiger charge is -2.13. The largest absolute Gasteiger partial charge is 0.295 e. The minimum atomic E-state index is 0.848. The van der Waals surface area contributed by atoms with Gasteiger partial charge in [0.1, 0.15) is 11.6 Å². The summed E-state index contributed by atoms with van der Waals surface area (Å²) in [6, 6.07) is 59.5. The summed E-state index contributed by atoms with van der Waals surface area (Å²) in [5, 5.41) is 2.14. The molecule has 236 valence electrons. The molecule has 0 unspecified atom stereocenters. The summed E-state index contributed by atoms with van der Waals surface area (Å²) in [6.45, 7) is 0. The zero-order valence-electron chi connectivity index (χ0n) is 27.3. The van der Waals surface area contributed by atoms with Gasteiger partial charge in [0.05, 0.1) is 11.4 Å². The van der Waals surface area contributed by atoms with Gasteiger partial charge in [-0.25, -0.2) is 9.97 Å². The summed E-state index contributed by atoms with van der Waals surface area (Å²) in [7, 11) is 0. The molecule has 6 aromatic carbocycles. The van der Waals surface area contributed by atoms with E-state index in [1.165, 1.54) is 0 Å². The summed E-state index contributed by atoms with van der Waals surface area (Å²) in [5.74, 6) is 1.70. The maximum Gasteiger partial charge on any atom is 0.138 e. The van der Waals surface area contributed by atoms with E-state index < -0.39 is 0 Å². The van der Waals surface area contributed by atoms with Gasteiger partial charge in [0.15, 0.2) is 0 Å². The van der Waals surface area contributed by atoms with E-state index in [2.05, 4.69) is 191 Å². The molecule has 9 rings (SSSR count). The van der Waals surface area contributed by atoms with Crippen LogP contribution in [-0.4, -0.2) is 19.1 Å². The lowest BCUT2D eigenvalue weighted by molar-refractivity contribution is 1.02. The Labute approximate surface area is 290 Å². The van der Waals surface area contributed by atoms with E-state index in [-0.39, 0.29) is 0 Å². The average molecular weight is 641 g/mol. The van der Waals surface area contributed by atoms with Crippen LogP contribution in [0.2, 0.25) is 0 Å². The van der Waals surface area contributed by atoms with Crippen LogP contribution in [0.25, 0.3) is 79.7 Å². The molecule has 0 atom stereocenters. The predicted molar refractivity (Wildman–Crippen MR) is 208 cm³/mol. The normalized spacial score (nSPS) is 11.8. The first kappa shape index (κ1) is 29.4. The van der Waals surface area contributed by atoms with Gasteiger partial charge in [0.25, 0.3) is 0 Å². The van der Waals surface area contributed by atoms with E-state index >= 15 is 0 Å². The van der Waals surface area contributed by atoms with E-state index in [1.54, 1.807) is 0 Å². The van der Waals surface area contributed by atoms with Crippen LogP contribution in [0.4, 0.5) is 0 Å². The Kier molecular flexibility index (Phi) is 7.45. The van der Waals surface area contributed by atoms with Crippen molar-refractivity contribution < 1.29 is 0 Å². The third-order valence-corrected chi connectivity index (χ3v) is 9.16. The highest BCUT2D eigenvalue weighted by atomic mass is 15.1. The Balaban J connectivity index is 1.52. The Morgan fingerprint density at radius 3 is 1.12 bits per heavy atom. The Bertz CT molecular complexity index is 2260. The maximum absolute atomic E-state index is 5.39. The number of rotatable bonds is 4. The number of aromatic nitrogens is 4. The number of fused-ring (bicyclic) bond motifs is 8. The first-order valence-electron chi connectivity index (χ1n) is 16.8. The van der Waals surface area contributed by atoms with Crippen molar-refractivity contribution in [3.05, 3.63) is 193 Å². The highest BCUT2D eigenvalue weighted by molar-refractivity contribution is 5.95. The van der Waals surface area contributed by atoms with Crippen LogP contribution >= 0.6 is 0 Å². The summed E-state index contributed by atoms with van der Waals surface area (Å²) in [4.78, 5) is 10.8. The fourth-order valence-electron chi connectivity index (χ4n) is 6.95. The van der Waals surface area contributed by atoms with Crippen LogP contribution in [0.3, 0.4) is 0 Å². The van der Waals surface area contributed by atoms with Gasteiger partial charge in [-0.3, -0.25) is 9.13 Å². The van der Waals surface area contributed by atoms with Crippen molar-refractivity contribution in [3.63, 3.8) is 0 Å². The van der Waals surface area contributed by atoms with Gasteiger partial charge in [0.2, 0.25) is 0 Å². The molecule has 0 radical (unpaired) electrons. The molecule has 0 N–H and O–H groups in total. The zero-order chi connectivity index (χ0) is 33.3. The quantitative estimate of drug-likeness (QED) is 0.192. The SMILES string of the molecule is C1=Cc2nc1c(-c1ccccc1)c1cccc(c1)n(-c1ccccc1)c1nc(c(-c3ccccc3)c3cccc(c3)n2-c2ccccc2)C=C1. The van der Waals surface area contributed by atoms with E-state index in [1.807, 2.05) is 12.1 Å². The summed E-state index contributed by atoms with van der Waals surface area (Å²) >= 11 is 0. The van der Waals surface area contributed by atoms with Gasteiger partial charge < -0.3 is 0 Å². The second-order valence-corrected chi connectivity index (χ2v) is 12.3. The Morgan fingerprint density at radius 1 is 0.340 bits per heavy atom. The number of hydrogen-bond donors (Lipinski definition) is 0. The molecule has 3 heterocycles. The second kappa shape index (κ2) is 12.7. The van der Waals surface area contributed by atoms with Gasteiger partial charge in [0, 0.05) is 33.5 Å². The van der Waals surface area contributed by atoms with Crippen molar-refractivity contribution in [1.29, 1.82) is 0 Å². The molecule has 0 spiro atoms. The topological polar surface area (TPSA) is 35.6 Å². The third kappa shape index (κ3) is 5.39. The zero-order valence-corrected chi connectivity index (χ0v) is 27.3. The van der Waals surface area contributed by atoms with E-state index in [9.17, 15) is 0 Å². The van der Waals surface area contributed by atoms with Gasteiger partial charge in [-0.2, -0.15) is 0 Å². The number of benzene rings is 6. The predicted octanol–water partition coefficient (Wildman–Crippen LogP) is 11.5. The van der Waals surface area contributed by atoms with Crippen LogP contribution in [0, 0.1) is 0 Å². The molecule has 0 saturated carbocycles.